The zero-order valence-electron chi connectivity index (χ0n) is 11.4. The molecule has 0 bridgehead atoms. The van der Waals surface area contributed by atoms with E-state index in [1.54, 1.807) is 7.11 Å². The van der Waals surface area contributed by atoms with Gasteiger partial charge in [0.2, 0.25) is 0 Å². The van der Waals surface area contributed by atoms with Gasteiger partial charge in [0.05, 0.1) is 23.2 Å². The summed E-state index contributed by atoms with van der Waals surface area (Å²) in [5.41, 5.74) is 1.62. The fourth-order valence-electron chi connectivity index (χ4n) is 2.54. The molecule has 0 radical (unpaired) electrons. The summed E-state index contributed by atoms with van der Waals surface area (Å²) < 4.78 is 16.4. The monoisotopic (exact) mass is 301 g/mol. The van der Waals surface area contributed by atoms with E-state index in [4.69, 9.17) is 25.8 Å². The van der Waals surface area contributed by atoms with Crippen LogP contribution in [0.25, 0.3) is 21.8 Å². The van der Waals surface area contributed by atoms with Crippen molar-refractivity contribution in [1.82, 2.24) is 4.98 Å². The summed E-state index contributed by atoms with van der Waals surface area (Å²) in [5.74, 6) is 2.17. The predicted octanol–water partition coefficient (Wildman–Crippen LogP) is 3.82. The number of benzene rings is 2. The maximum absolute atomic E-state index is 6.55. The summed E-state index contributed by atoms with van der Waals surface area (Å²) in [4.78, 5) is 4.65. The smallest absolute Gasteiger partial charge is 0.163 e. The molecule has 21 heavy (non-hydrogen) atoms. The zero-order chi connectivity index (χ0) is 14.4. The second-order valence-electron chi connectivity index (χ2n) is 4.82. The van der Waals surface area contributed by atoms with Crippen LogP contribution in [0.2, 0.25) is 5.02 Å². The van der Waals surface area contributed by atoms with Crippen molar-refractivity contribution in [3.05, 3.63) is 35.4 Å². The van der Waals surface area contributed by atoms with Crippen LogP contribution in [0, 0.1) is 0 Å². The molecule has 0 atom stereocenters. The van der Waals surface area contributed by atoms with E-state index >= 15 is 0 Å². The van der Waals surface area contributed by atoms with Crippen molar-refractivity contribution < 1.29 is 14.2 Å². The van der Waals surface area contributed by atoms with Crippen molar-refractivity contribution in [2.24, 2.45) is 0 Å². The molecule has 0 amide bonds. The van der Waals surface area contributed by atoms with Crippen LogP contribution in [0.15, 0.2) is 30.3 Å². The fraction of sp³-hybridized carbons (Fsp3) is 0.188. The number of hydrogen-bond acceptors (Lipinski definition) is 4. The molecule has 0 saturated heterocycles. The average molecular weight is 302 g/mol. The standard InChI is InChI=1S/C16H12ClNO3/c1-19-9-2-3-12-10(6-9)16(17)11-7-14-15(8-13(11)18-12)21-5-4-20-14/h2-3,6-8H,4-5H2,1H3. The minimum atomic E-state index is 0.547. The van der Waals surface area contributed by atoms with Crippen molar-refractivity contribution in [3.63, 3.8) is 0 Å². The number of halogens is 1. The SMILES string of the molecule is COc1ccc2nc3cc4c(cc3c(Cl)c2c1)OCCO4. The number of rotatable bonds is 1. The molecule has 0 spiro atoms. The molecule has 0 unspecified atom stereocenters. The van der Waals surface area contributed by atoms with Crippen molar-refractivity contribution >= 4 is 33.4 Å². The first-order valence-corrected chi connectivity index (χ1v) is 7.00. The van der Waals surface area contributed by atoms with Crippen LogP contribution >= 0.6 is 11.6 Å². The number of pyridine rings is 1. The zero-order valence-corrected chi connectivity index (χ0v) is 12.1. The van der Waals surface area contributed by atoms with Gasteiger partial charge in [-0.3, -0.25) is 0 Å². The minimum Gasteiger partial charge on any atom is -0.497 e. The second-order valence-corrected chi connectivity index (χ2v) is 5.20. The highest BCUT2D eigenvalue weighted by molar-refractivity contribution is 6.40. The topological polar surface area (TPSA) is 40.6 Å². The highest BCUT2D eigenvalue weighted by Crippen LogP contribution is 2.39. The minimum absolute atomic E-state index is 0.547. The van der Waals surface area contributed by atoms with Gasteiger partial charge >= 0.3 is 0 Å². The van der Waals surface area contributed by atoms with Crippen LogP contribution in [0.5, 0.6) is 17.2 Å². The van der Waals surface area contributed by atoms with Crippen molar-refractivity contribution in [3.8, 4) is 17.2 Å². The Morgan fingerprint density at radius 2 is 1.71 bits per heavy atom. The van der Waals surface area contributed by atoms with Crippen LogP contribution in [0.1, 0.15) is 0 Å². The Labute approximate surface area is 126 Å². The van der Waals surface area contributed by atoms with E-state index in [-0.39, 0.29) is 0 Å². The van der Waals surface area contributed by atoms with E-state index in [9.17, 15) is 0 Å². The van der Waals surface area contributed by atoms with Gasteiger partial charge in [-0.2, -0.15) is 0 Å². The fourth-order valence-corrected chi connectivity index (χ4v) is 2.84. The third-order valence-corrected chi connectivity index (χ3v) is 3.99. The maximum atomic E-state index is 6.55. The highest BCUT2D eigenvalue weighted by atomic mass is 35.5. The van der Waals surface area contributed by atoms with E-state index in [1.165, 1.54) is 0 Å². The molecule has 4 nitrogen and oxygen atoms in total. The lowest BCUT2D eigenvalue weighted by atomic mass is 10.1. The number of fused-ring (bicyclic) bond motifs is 3. The molecule has 1 aliphatic heterocycles. The normalized spacial score (nSPS) is 13.6. The number of hydrogen-bond donors (Lipinski definition) is 0. The molecule has 3 aromatic rings. The van der Waals surface area contributed by atoms with Crippen molar-refractivity contribution in [2.75, 3.05) is 20.3 Å². The second kappa shape index (κ2) is 4.67. The first-order valence-electron chi connectivity index (χ1n) is 6.63. The molecule has 1 aliphatic rings. The molecule has 4 rings (SSSR count). The van der Waals surface area contributed by atoms with Crippen molar-refractivity contribution in [1.29, 1.82) is 0 Å². The maximum Gasteiger partial charge on any atom is 0.163 e. The van der Waals surface area contributed by atoms with Gasteiger partial charge in [-0.05, 0) is 24.3 Å². The summed E-state index contributed by atoms with van der Waals surface area (Å²) >= 11 is 6.55. The quantitative estimate of drug-likeness (QED) is 0.641. The molecule has 0 fully saturated rings. The van der Waals surface area contributed by atoms with E-state index < -0.39 is 0 Å². The lowest BCUT2D eigenvalue weighted by Gasteiger charge is -2.19. The Morgan fingerprint density at radius 1 is 1.00 bits per heavy atom. The Kier molecular flexibility index (Phi) is 2.79. The van der Waals surface area contributed by atoms with Gasteiger partial charge < -0.3 is 14.2 Å². The highest BCUT2D eigenvalue weighted by Gasteiger charge is 2.16. The van der Waals surface area contributed by atoms with E-state index in [1.807, 2.05) is 30.3 Å². The molecule has 2 heterocycles. The van der Waals surface area contributed by atoms with E-state index in [0.29, 0.717) is 29.7 Å². The number of aromatic nitrogens is 1. The van der Waals surface area contributed by atoms with E-state index in [2.05, 4.69) is 4.98 Å². The first-order chi connectivity index (χ1) is 10.3. The Morgan fingerprint density at radius 3 is 2.48 bits per heavy atom. The molecule has 0 saturated carbocycles. The Hall–Kier alpha value is -2.20. The van der Waals surface area contributed by atoms with Gasteiger partial charge in [-0.15, -0.1) is 0 Å². The number of ether oxygens (including phenoxy) is 3. The lowest BCUT2D eigenvalue weighted by Crippen LogP contribution is -2.15. The number of nitrogens with zero attached hydrogens (tertiary/aromatic N) is 1. The van der Waals surface area contributed by atoms with Crippen molar-refractivity contribution in [2.45, 2.75) is 0 Å². The van der Waals surface area contributed by atoms with Crippen LogP contribution < -0.4 is 14.2 Å². The van der Waals surface area contributed by atoms with Gasteiger partial charge in [0.1, 0.15) is 19.0 Å². The number of methoxy groups -OCH3 is 1. The molecule has 0 aliphatic carbocycles. The van der Waals surface area contributed by atoms with Crippen LogP contribution in [-0.2, 0) is 0 Å². The third kappa shape index (κ3) is 1.94. The third-order valence-electron chi connectivity index (χ3n) is 3.58. The summed E-state index contributed by atoms with van der Waals surface area (Å²) in [7, 11) is 1.63. The Bertz CT molecular complexity index is 863. The van der Waals surface area contributed by atoms with Gasteiger partial charge in [0, 0.05) is 16.8 Å². The Balaban J connectivity index is 2.05. The van der Waals surface area contributed by atoms with Gasteiger partial charge in [-0.25, -0.2) is 4.98 Å². The largest absolute Gasteiger partial charge is 0.497 e. The van der Waals surface area contributed by atoms with E-state index in [0.717, 1.165) is 27.6 Å². The van der Waals surface area contributed by atoms with Crippen LogP contribution in [0.4, 0.5) is 0 Å². The summed E-state index contributed by atoms with van der Waals surface area (Å²) in [5, 5.41) is 2.35. The van der Waals surface area contributed by atoms with Gasteiger partial charge in [0.15, 0.2) is 11.5 Å². The average Bonchev–Trinajstić information content (AvgIpc) is 2.53. The van der Waals surface area contributed by atoms with Gasteiger partial charge in [0.25, 0.3) is 0 Å². The predicted molar refractivity (Wildman–Crippen MR) is 81.8 cm³/mol. The van der Waals surface area contributed by atoms with Gasteiger partial charge in [-0.1, -0.05) is 11.6 Å². The molecule has 2 aromatic carbocycles. The molecular formula is C16H12ClNO3. The molecule has 106 valence electrons. The molecule has 1 aromatic heterocycles. The summed E-state index contributed by atoms with van der Waals surface area (Å²) in [6.07, 6.45) is 0. The summed E-state index contributed by atoms with van der Waals surface area (Å²) in [6, 6.07) is 9.42. The first kappa shape index (κ1) is 12.5. The summed E-state index contributed by atoms with van der Waals surface area (Å²) in [6.45, 7) is 1.10. The lowest BCUT2D eigenvalue weighted by molar-refractivity contribution is 0.172. The molecule has 0 N–H and O–H groups in total. The molecular weight excluding hydrogens is 290 g/mol. The van der Waals surface area contributed by atoms with Crippen LogP contribution in [0.3, 0.4) is 0 Å². The molecule has 5 heteroatoms. The van der Waals surface area contributed by atoms with Crippen LogP contribution in [-0.4, -0.2) is 25.3 Å².